The van der Waals surface area contributed by atoms with Gasteiger partial charge in [0.1, 0.15) is 6.04 Å². The lowest BCUT2D eigenvalue weighted by molar-refractivity contribution is -0.127. The Bertz CT molecular complexity index is 1030. The molecule has 1 saturated carbocycles. The van der Waals surface area contributed by atoms with Crippen LogP contribution >= 0.6 is 11.6 Å². The fourth-order valence-electron chi connectivity index (χ4n) is 3.80. The van der Waals surface area contributed by atoms with Crippen LogP contribution in [-0.2, 0) is 14.8 Å². The molecule has 2 aromatic rings. The average Bonchev–Trinajstić information content (AvgIpc) is 3.49. The Morgan fingerprint density at radius 2 is 1.94 bits per heavy atom. The molecule has 1 saturated heterocycles. The molecule has 2 unspecified atom stereocenters. The zero-order chi connectivity index (χ0) is 22.2. The summed E-state index contributed by atoms with van der Waals surface area (Å²) >= 11 is 5.88. The van der Waals surface area contributed by atoms with Crippen LogP contribution in [0.3, 0.4) is 0 Å². The molecule has 2 fully saturated rings. The van der Waals surface area contributed by atoms with Crippen molar-refractivity contribution in [1.29, 1.82) is 0 Å². The molecule has 1 aliphatic heterocycles. The summed E-state index contributed by atoms with van der Waals surface area (Å²) < 4.78 is 32.8. The minimum Gasteiger partial charge on any atom is -0.344 e. The number of sulfonamides is 1. The molecule has 31 heavy (non-hydrogen) atoms. The second-order valence-electron chi connectivity index (χ2n) is 8.65. The van der Waals surface area contributed by atoms with E-state index in [0.29, 0.717) is 42.0 Å². The molecular formula is C21H27ClN4O4S. The van der Waals surface area contributed by atoms with Crippen LogP contribution in [0.2, 0.25) is 5.02 Å². The van der Waals surface area contributed by atoms with Gasteiger partial charge in [-0.25, -0.2) is 8.42 Å². The van der Waals surface area contributed by atoms with Crippen LogP contribution in [0.1, 0.15) is 63.2 Å². The molecule has 1 aromatic carbocycles. The van der Waals surface area contributed by atoms with Crippen LogP contribution in [0.15, 0.2) is 33.7 Å². The zero-order valence-electron chi connectivity index (χ0n) is 17.6. The minimum atomic E-state index is -3.69. The molecule has 2 atom stereocenters. The van der Waals surface area contributed by atoms with Gasteiger partial charge in [-0.05, 0) is 55.9 Å². The number of hydrogen-bond donors (Lipinski definition) is 1. The van der Waals surface area contributed by atoms with Gasteiger partial charge in [0.25, 0.3) is 0 Å². The summed E-state index contributed by atoms with van der Waals surface area (Å²) in [6.45, 7) is 4.48. The first-order chi connectivity index (χ1) is 14.8. The van der Waals surface area contributed by atoms with E-state index in [-0.39, 0.29) is 23.3 Å². The predicted molar refractivity (Wildman–Crippen MR) is 115 cm³/mol. The molecule has 8 nitrogen and oxygen atoms in total. The van der Waals surface area contributed by atoms with E-state index in [4.69, 9.17) is 16.1 Å². The van der Waals surface area contributed by atoms with E-state index in [0.717, 1.165) is 12.8 Å². The number of nitrogens with one attached hydrogen (secondary N) is 1. The lowest BCUT2D eigenvalue weighted by Gasteiger charge is -2.32. The molecule has 2 aliphatic rings. The monoisotopic (exact) mass is 466 g/mol. The third-order valence-electron chi connectivity index (χ3n) is 5.84. The van der Waals surface area contributed by atoms with Gasteiger partial charge in [0.2, 0.25) is 21.8 Å². The first-order valence-electron chi connectivity index (χ1n) is 10.7. The molecule has 0 bridgehead atoms. The van der Waals surface area contributed by atoms with Crippen molar-refractivity contribution in [3.05, 3.63) is 41.0 Å². The highest BCUT2D eigenvalue weighted by Gasteiger charge is 2.36. The molecular weight excluding hydrogens is 440 g/mol. The SMILES string of the molecule is CC(C)C(NC(=O)C1CCCN(S(=O)(=O)c2ccc(Cl)cc2)C1)c1nc(C2CC2)no1. The molecule has 1 aliphatic carbocycles. The number of halogens is 1. The third-order valence-corrected chi connectivity index (χ3v) is 7.97. The second-order valence-corrected chi connectivity index (χ2v) is 11.0. The number of nitrogens with zero attached hydrogens (tertiary/aromatic N) is 3. The number of carbonyl (C=O) groups excluding carboxylic acids is 1. The average molecular weight is 467 g/mol. The van der Waals surface area contributed by atoms with Crippen LogP contribution in [0.25, 0.3) is 0 Å². The maximum absolute atomic E-state index is 13.1. The molecule has 2 heterocycles. The summed E-state index contributed by atoms with van der Waals surface area (Å²) in [5, 5.41) is 7.54. The van der Waals surface area contributed by atoms with Crippen LogP contribution < -0.4 is 5.32 Å². The van der Waals surface area contributed by atoms with Gasteiger partial charge >= 0.3 is 0 Å². The summed E-state index contributed by atoms with van der Waals surface area (Å²) in [5.41, 5.74) is 0. The van der Waals surface area contributed by atoms with Crippen molar-refractivity contribution in [1.82, 2.24) is 19.8 Å². The number of rotatable bonds is 7. The first kappa shape index (κ1) is 22.2. The van der Waals surface area contributed by atoms with Crippen molar-refractivity contribution in [2.45, 2.75) is 56.4 Å². The normalized spacial score (nSPS) is 21.2. The lowest BCUT2D eigenvalue weighted by atomic mass is 9.97. The highest BCUT2D eigenvalue weighted by molar-refractivity contribution is 7.89. The van der Waals surface area contributed by atoms with Crippen molar-refractivity contribution in [2.75, 3.05) is 13.1 Å². The van der Waals surface area contributed by atoms with E-state index in [1.165, 1.54) is 16.4 Å². The fourth-order valence-corrected chi connectivity index (χ4v) is 5.45. The van der Waals surface area contributed by atoms with E-state index in [9.17, 15) is 13.2 Å². The van der Waals surface area contributed by atoms with Crippen LogP contribution in [0.4, 0.5) is 0 Å². The summed E-state index contributed by atoms with van der Waals surface area (Å²) in [7, 11) is -3.69. The van der Waals surface area contributed by atoms with E-state index >= 15 is 0 Å². The Kier molecular flexibility index (Phi) is 6.37. The minimum absolute atomic E-state index is 0.0500. The Morgan fingerprint density at radius 3 is 2.58 bits per heavy atom. The van der Waals surface area contributed by atoms with Gasteiger partial charge in [0.15, 0.2) is 5.82 Å². The molecule has 1 N–H and O–H groups in total. The third kappa shape index (κ3) is 4.94. The highest BCUT2D eigenvalue weighted by Crippen LogP contribution is 2.38. The van der Waals surface area contributed by atoms with E-state index in [1.54, 1.807) is 12.1 Å². The van der Waals surface area contributed by atoms with Gasteiger partial charge in [0.05, 0.1) is 10.8 Å². The smallest absolute Gasteiger partial charge is 0.249 e. The van der Waals surface area contributed by atoms with E-state index in [1.807, 2.05) is 13.8 Å². The summed E-state index contributed by atoms with van der Waals surface area (Å²) in [6.07, 6.45) is 3.37. The summed E-state index contributed by atoms with van der Waals surface area (Å²) in [6, 6.07) is 5.68. The summed E-state index contributed by atoms with van der Waals surface area (Å²) in [5.74, 6) is 0.892. The first-order valence-corrected chi connectivity index (χ1v) is 12.5. The van der Waals surface area contributed by atoms with Gasteiger partial charge in [-0.15, -0.1) is 0 Å². The highest BCUT2D eigenvalue weighted by atomic mass is 35.5. The van der Waals surface area contributed by atoms with E-state index in [2.05, 4.69) is 15.5 Å². The fraction of sp³-hybridized carbons (Fsp3) is 0.571. The standard InChI is InChI=1S/C21H27ClN4O4S/c1-13(2)18(21-24-19(25-30-21)14-5-6-14)23-20(27)15-4-3-11-26(12-15)31(28,29)17-9-7-16(22)8-10-17/h7-10,13-15,18H,3-6,11-12H2,1-2H3,(H,23,27). The number of amides is 1. The molecule has 0 radical (unpaired) electrons. The van der Waals surface area contributed by atoms with E-state index < -0.39 is 22.0 Å². The molecule has 1 aromatic heterocycles. The van der Waals surface area contributed by atoms with Gasteiger partial charge in [-0.1, -0.05) is 30.6 Å². The van der Waals surface area contributed by atoms with Gasteiger partial charge in [-0.2, -0.15) is 9.29 Å². The zero-order valence-corrected chi connectivity index (χ0v) is 19.2. The Labute approximate surface area is 187 Å². The van der Waals surface area contributed by atoms with Crippen molar-refractivity contribution >= 4 is 27.5 Å². The lowest BCUT2D eigenvalue weighted by Crippen LogP contribution is -2.46. The maximum atomic E-state index is 13.1. The number of piperidine rings is 1. The van der Waals surface area contributed by atoms with Crippen LogP contribution in [0.5, 0.6) is 0 Å². The topological polar surface area (TPSA) is 105 Å². The molecule has 168 valence electrons. The van der Waals surface area contributed by atoms with Crippen molar-refractivity contribution in [3.8, 4) is 0 Å². The number of hydrogen-bond acceptors (Lipinski definition) is 6. The Balaban J connectivity index is 1.45. The van der Waals surface area contributed by atoms with Gasteiger partial charge < -0.3 is 9.84 Å². The van der Waals surface area contributed by atoms with Crippen molar-refractivity contribution < 1.29 is 17.7 Å². The number of benzene rings is 1. The van der Waals surface area contributed by atoms with Crippen molar-refractivity contribution in [2.24, 2.45) is 11.8 Å². The van der Waals surface area contributed by atoms with Crippen molar-refractivity contribution in [3.63, 3.8) is 0 Å². The Morgan fingerprint density at radius 1 is 1.23 bits per heavy atom. The number of carbonyl (C=O) groups is 1. The van der Waals surface area contributed by atoms with Gasteiger partial charge in [0, 0.05) is 24.0 Å². The Hall–Kier alpha value is -1.97. The largest absolute Gasteiger partial charge is 0.344 e. The second kappa shape index (κ2) is 8.88. The maximum Gasteiger partial charge on any atom is 0.249 e. The molecule has 10 heteroatoms. The van der Waals surface area contributed by atoms with Crippen LogP contribution in [-0.4, -0.2) is 41.9 Å². The quantitative estimate of drug-likeness (QED) is 0.669. The predicted octanol–water partition coefficient (Wildman–Crippen LogP) is 3.51. The molecule has 1 amide bonds. The number of aromatic nitrogens is 2. The summed E-state index contributed by atoms with van der Waals surface area (Å²) in [4.78, 5) is 17.7. The molecule has 0 spiro atoms. The molecule has 4 rings (SSSR count). The van der Waals surface area contributed by atoms with Crippen LogP contribution in [0, 0.1) is 11.8 Å². The van der Waals surface area contributed by atoms with Gasteiger partial charge in [-0.3, -0.25) is 4.79 Å².